The summed E-state index contributed by atoms with van der Waals surface area (Å²) in [6, 6.07) is 8.64. The highest BCUT2D eigenvalue weighted by molar-refractivity contribution is 8.15. The molecule has 1 unspecified atom stereocenters. The molecule has 0 radical (unpaired) electrons. The normalized spacial score (nSPS) is 17.9. The highest BCUT2D eigenvalue weighted by atomic mass is 32.2. The van der Waals surface area contributed by atoms with Gasteiger partial charge in [0.15, 0.2) is 5.17 Å². The second-order valence-corrected chi connectivity index (χ2v) is 6.31. The van der Waals surface area contributed by atoms with Gasteiger partial charge in [-0.1, -0.05) is 25.1 Å². The Morgan fingerprint density at radius 1 is 1.20 bits per heavy atom. The monoisotopic (exact) mass is 291 g/mol. The largest absolute Gasteiger partial charge is 0.372 e. The van der Waals surface area contributed by atoms with E-state index in [-0.39, 0.29) is 0 Å². The Balaban J connectivity index is 1.91. The number of aliphatic imine (C=N–C) groups is 1. The summed E-state index contributed by atoms with van der Waals surface area (Å²) in [5.41, 5.74) is 2.41. The first-order valence-corrected chi connectivity index (χ1v) is 8.47. The molecular weight excluding hydrogens is 266 g/mol. The molecule has 1 aliphatic heterocycles. The fourth-order valence-corrected chi connectivity index (χ4v) is 3.57. The molecule has 0 spiro atoms. The zero-order valence-electron chi connectivity index (χ0n) is 12.7. The number of nitrogens with one attached hydrogen (secondary N) is 1. The van der Waals surface area contributed by atoms with Gasteiger partial charge in [-0.05, 0) is 44.5 Å². The smallest absolute Gasteiger partial charge is 0.161 e. The lowest BCUT2D eigenvalue weighted by Crippen LogP contribution is -2.21. The van der Waals surface area contributed by atoms with E-state index in [1.165, 1.54) is 18.5 Å². The van der Waals surface area contributed by atoms with Gasteiger partial charge in [-0.25, -0.2) is 0 Å². The molecule has 0 amide bonds. The number of benzene rings is 1. The first-order chi connectivity index (χ1) is 9.76. The molecule has 4 heteroatoms. The second kappa shape index (κ2) is 7.58. The molecular formula is C16H25N3S. The maximum Gasteiger partial charge on any atom is 0.161 e. The van der Waals surface area contributed by atoms with Gasteiger partial charge in [0.1, 0.15) is 0 Å². The number of anilines is 2. The van der Waals surface area contributed by atoms with E-state index in [0.717, 1.165) is 30.5 Å². The molecule has 3 nitrogen and oxygen atoms in total. The van der Waals surface area contributed by atoms with Crippen molar-refractivity contribution in [2.24, 2.45) is 4.99 Å². The van der Waals surface area contributed by atoms with Gasteiger partial charge < -0.3 is 10.2 Å². The summed E-state index contributed by atoms with van der Waals surface area (Å²) in [7, 11) is 0. The molecule has 20 heavy (non-hydrogen) atoms. The third-order valence-corrected chi connectivity index (χ3v) is 4.75. The van der Waals surface area contributed by atoms with Gasteiger partial charge in [0, 0.05) is 29.7 Å². The van der Waals surface area contributed by atoms with Crippen LogP contribution in [0.25, 0.3) is 0 Å². The van der Waals surface area contributed by atoms with E-state index in [1.807, 2.05) is 11.8 Å². The van der Waals surface area contributed by atoms with Crippen LogP contribution in [0.15, 0.2) is 29.3 Å². The van der Waals surface area contributed by atoms with Crippen LogP contribution in [0.5, 0.6) is 0 Å². The van der Waals surface area contributed by atoms with Gasteiger partial charge in [0.2, 0.25) is 0 Å². The average molecular weight is 291 g/mol. The van der Waals surface area contributed by atoms with Crippen LogP contribution in [-0.4, -0.2) is 30.1 Å². The lowest BCUT2D eigenvalue weighted by Gasteiger charge is -2.21. The molecule has 1 N–H and O–H groups in total. The molecule has 0 aromatic heterocycles. The Bertz CT molecular complexity index is 438. The van der Waals surface area contributed by atoms with Crippen molar-refractivity contribution in [3.63, 3.8) is 0 Å². The summed E-state index contributed by atoms with van der Waals surface area (Å²) in [5, 5.41) is 5.16. The van der Waals surface area contributed by atoms with Crippen molar-refractivity contribution in [1.29, 1.82) is 0 Å². The Morgan fingerprint density at radius 2 is 1.90 bits per heavy atom. The Labute approximate surface area is 126 Å². The first kappa shape index (κ1) is 15.2. The van der Waals surface area contributed by atoms with Crippen molar-refractivity contribution in [3.05, 3.63) is 24.3 Å². The minimum absolute atomic E-state index is 0.664. The van der Waals surface area contributed by atoms with Crippen molar-refractivity contribution >= 4 is 28.3 Å². The summed E-state index contributed by atoms with van der Waals surface area (Å²) >= 11 is 1.88. The number of thioether (sulfide) groups is 1. The number of amidine groups is 1. The molecule has 0 saturated carbocycles. The van der Waals surface area contributed by atoms with Crippen molar-refractivity contribution in [1.82, 2.24) is 0 Å². The molecule has 0 saturated heterocycles. The van der Waals surface area contributed by atoms with Gasteiger partial charge in [-0.15, -0.1) is 0 Å². The van der Waals surface area contributed by atoms with Crippen molar-refractivity contribution in [3.8, 4) is 0 Å². The van der Waals surface area contributed by atoms with Crippen molar-refractivity contribution in [2.45, 2.75) is 38.9 Å². The van der Waals surface area contributed by atoms with E-state index in [0.29, 0.717) is 5.25 Å². The Morgan fingerprint density at radius 3 is 2.50 bits per heavy atom. The summed E-state index contributed by atoms with van der Waals surface area (Å²) < 4.78 is 0. The number of rotatable bonds is 6. The van der Waals surface area contributed by atoms with Gasteiger partial charge in [0.25, 0.3) is 0 Å². The second-order valence-electron chi connectivity index (χ2n) is 5.02. The number of nitrogens with zero attached hydrogens (tertiary/aromatic N) is 2. The maximum absolute atomic E-state index is 4.58. The zero-order valence-corrected chi connectivity index (χ0v) is 13.5. The molecule has 110 valence electrons. The van der Waals surface area contributed by atoms with Gasteiger partial charge in [-0.3, -0.25) is 4.99 Å². The molecule has 0 aliphatic carbocycles. The predicted octanol–water partition coefficient (Wildman–Crippen LogP) is 4.22. The average Bonchev–Trinajstić information content (AvgIpc) is 2.90. The molecule has 1 atom stereocenters. The van der Waals surface area contributed by atoms with Gasteiger partial charge >= 0.3 is 0 Å². The fraction of sp³-hybridized carbons (Fsp3) is 0.562. The van der Waals surface area contributed by atoms with Crippen LogP contribution in [0.2, 0.25) is 0 Å². The SMILES string of the molecule is CCCC1CN=C(Nc2ccc(N(CC)CC)cc2)S1. The lowest BCUT2D eigenvalue weighted by molar-refractivity contribution is 0.754. The Hall–Kier alpha value is -1.16. The van der Waals surface area contributed by atoms with Crippen LogP contribution in [0.3, 0.4) is 0 Å². The van der Waals surface area contributed by atoms with E-state index in [2.05, 4.69) is 60.2 Å². The summed E-state index contributed by atoms with van der Waals surface area (Å²) in [6.07, 6.45) is 2.49. The van der Waals surface area contributed by atoms with Crippen LogP contribution in [-0.2, 0) is 0 Å². The van der Waals surface area contributed by atoms with E-state index in [9.17, 15) is 0 Å². The van der Waals surface area contributed by atoms with Gasteiger partial charge in [-0.2, -0.15) is 0 Å². The van der Waals surface area contributed by atoms with E-state index in [1.54, 1.807) is 0 Å². The van der Waals surface area contributed by atoms with Crippen LogP contribution in [0, 0.1) is 0 Å². The molecule has 1 aromatic carbocycles. The summed E-state index contributed by atoms with van der Waals surface area (Å²) in [4.78, 5) is 6.93. The number of hydrogen-bond acceptors (Lipinski definition) is 4. The lowest BCUT2D eigenvalue weighted by atomic mass is 10.2. The number of hydrogen-bond donors (Lipinski definition) is 1. The molecule has 1 aromatic rings. The summed E-state index contributed by atoms with van der Waals surface area (Å²) in [5.74, 6) is 0. The molecule has 1 heterocycles. The molecule has 0 bridgehead atoms. The third kappa shape index (κ3) is 3.92. The van der Waals surface area contributed by atoms with Gasteiger partial charge in [0.05, 0.1) is 6.54 Å². The van der Waals surface area contributed by atoms with Crippen LogP contribution < -0.4 is 10.2 Å². The van der Waals surface area contributed by atoms with E-state index < -0.39 is 0 Å². The minimum Gasteiger partial charge on any atom is -0.372 e. The van der Waals surface area contributed by atoms with Crippen LogP contribution in [0.1, 0.15) is 33.6 Å². The zero-order chi connectivity index (χ0) is 14.4. The molecule has 0 fully saturated rings. The first-order valence-electron chi connectivity index (χ1n) is 7.59. The van der Waals surface area contributed by atoms with Crippen LogP contribution >= 0.6 is 11.8 Å². The summed E-state index contributed by atoms with van der Waals surface area (Å²) in [6.45, 7) is 9.66. The maximum atomic E-state index is 4.58. The van der Waals surface area contributed by atoms with Crippen LogP contribution in [0.4, 0.5) is 11.4 Å². The quantitative estimate of drug-likeness (QED) is 0.850. The highest BCUT2D eigenvalue weighted by Crippen LogP contribution is 2.26. The molecule has 1 aliphatic rings. The van der Waals surface area contributed by atoms with E-state index in [4.69, 9.17) is 0 Å². The fourth-order valence-electron chi connectivity index (χ4n) is 2.43. The standard InChI is InChI=1S/C16H25N3S/c1-4-7-15-12-17-16(20-15)18-13-8-10-14(11-9-13)19(5-2)6-3/h8-11,15H,4-7,12H2,1-3H3,(H,17,18). The predicted molar refractivity (Wildman–Crippen MR) is 92.2 cm³/mol. The molecule has 2 rings (SSSR count). The topological polar surface area (TPSA) is 27.6 Å². The minimum atomic E-state index is 0.664. The van der Waals surface area contributed by atoms with E-state index >= 15 is 0 Å². The third-order valence-electron chi connectivity index (χ3n) is 3.57. The Kier molecular flexibility index (Phi) is 5.77. The van der Waals surface area contributed by atoms with Crippen molar-refractivity contribution in [2.75, 3.05) is 29.9 Å². The highest BCUT2D eigenvalue weighted by Gasteiger charge is 2.18. The van der Waals surface area contributed by atoms with Crippen molar-refractivity contribution < 1.29 is 0 Å².